The molecule has 96 valence electrons. The summed E-state index contributed by atoms with van der Waals surface area (Å²) in [7, 11) is 1.60. The number of fused-ring (bicyclic) bond motifs is 1. The maximum Gasteiger partial charge on any atom is 0.326 e. The highest BCUT2D eigenvalue weighted by molar-refractivity contribution is 7.16. The Bertz CT molecular complexity index is 630. The SMILES string of the molecule is CCOC(=O)Cn1c(=N)sc2cc(OC)ccc21. The zero-order valence-corrected chi connectivity index (χ0v) is 11.0. The third-order valence-corrected chi connectivity index (χ3v) is 3.46. The van der Waals surface area contributed by atoms with Crippen LogP contribution in [-0.2, 0) is 16.1 Å². The van der Waals surface area contributed by atoms with E-state index in [9.17, 15) is 4.79 Å². The second kappa shape index (κ2) is 5.22. The molecular weight excluding hydrogens is 252 g/mol. The molecule has 0 saturated carbocycles. The molecule has 1 aromatic carbocycles. The molecule has 0 unspecified atom stereocenters. The molecular formula is C12H14N2O3S. The first-order valence-corrected chi connectivity index (χ1v) is 6.35. The smallest absolute Gasteiger partial charge is 0.326 e. The molecule has 6 heteroatoms. The number of thiazole rings is 1. The van der Waals surface area contributed by atoms with E-state index in [-0.39, 0.29) is 12.5 Å². The van der Waals surface area contributed by atoms with Gasteiger partial charge in [-0.05, 0) is 25.1 Å². The van der Waals surface area contributed by atoms with E-state index in [0.717, 1.165) is 16.0 Å². The van der Waals surface area contributed by atoms with Gasteiger partial charge in [0.25, 0.3) is 0 Å². The quantitative estimate of drug-likeness (QED) is 0.857. The van der Waals surface area contributed by atoms with E-state index in [0.29, 0.717) is 11.4 Å². The minimum Gasteiger partial charge on any atom is -0.497 e. The van der Waals surface area contributed by atoms with Crippen molar-refractivity contribution >= 4 is 27.5 Å². The molecule has 0 radical (unpaired) electrons. The molecule has 0 bridgehead atoms. The lowest BCUT2D eigenvalue weighted by Crippen LogP contribution is -2.20. The van der Waals surface area contributed by atoms with Gasteiger partial charge < -0.3 is 14.0 Å². The second-order valence-electron chi connectivity index (χ2n) is 3.63. The van der Waals surface area contributed by atoms with Gasteiger partial charge in [-0.2, -0.15) is 0 Å². The van der Waals surface area contributed by atoms with Crippen LogP contribution in [0.4, 0.5) is 0 Å². The molecule has 0 saturated heterocycles. The molecule has 1 aromatic heterocycles. The summed E-state index contributed by atoms with van der Waals surface area (Å²) >= 11 is 1.31. The summed E-state index contributed by atoms with van der Waals surface area (Å²) in [6.45, 7) is 2.18. The predicted molar refractivity (Wildman–Crippen MR) is 68.9 cm³/mol. The number of nitrogens with one attached hydrogen (secondary N) is 1. The number of aromatic nitrogens is 1. The van der Waals surface area contributed by atoms with Crippen molar-refractivity contribution in [1.29, 1.82) is 5.41 Å². The fourth-order valence-corrected chi connectivity index (χ4v) is 2.63. The first kappa shape index (κ1) is 12.6. The molecule has 0 aliphatic rings. The number of ether oxygens (including phenoxy) is 2. The van der Waals surface area contributed by atoms with E-state index in [1.165, 1.54) is 11.3 Å². The van der Waals surface area contributed by atoms with Gasteiger partial charge >= 0.3 is 5.97 Å². The van der Waals surface area contributed by atoms with Crippen LogP contribution < -0.4 is 9.54 Å². The fraction of sp³-hybridized carbons (Fsp3) is 0.333. The van der Waals surface area contributed by atoms with Gasteiger partial charge in [0.2, 0.25) is 0 Å². The molecule has 0 fully saturated rings. The third kappa shape index (κ3) is 2.38. The van der Waals surface area contributed by atoms with Crippen LogP contribution in [0, 0.1) is 5.41 Å². The van der Waals surface area contributed by atoms with Gasteiger partial charge in [0.1, 0.15) is 12.3 Å². The molecule has 0 aliphatic carbocycles. The summed E-state index contributed by atoms with van der Waals surface area (Å²) in [5.41, 5.74) is 0.846. The summed E-state index contributed by atoms with van der Waals surface area (Å²) in [4.78, 5) is 11.8. The largest absolute Gasteiger partial charge is 0.497 e. The first-order valence-electron chi connectivity index (χ1n) is 5.53. The number of carbonyl (C=O) groups excluding carboxylic acids is 1. The highest BCUT2D eigenvalue weighted by Gasteiger charge is 2.10. The topological polar surface area (TPSA) is 64.3 Å². The molecule has 2 rings (SSSR count). The normalized spacial score (nSPS) is 10.6. The van der Waals surface area contributed by atoms with Crippen molar-refractivity contribution in [3.05, 3.63) is 23.0 Å². The van der Waals surface area contributed by atoms with Crippen molar-refractivity contribution in [2.45, 2.75) is 13.5 Å². The van der Waals surface area contributed by atoms with E-state index < -0.39 is 0 Å². The van der Waals surface area contributed by atoms with Crippen LogP contribution in [0.5, 0.6) is 5.75 Å². The van der Waals surface area contributed by atoms with Crippen molar-refractivity contribution in [2.75, 3.05) is 13.7 Å². The third-order valence-electron chi connectivity index (χ3n) is 2.50. The lowest BCUT2D eigenvalue weighted by molar-refractivity contribution is -0.143. The number of carbonyl (C=O) groups is 1. The molecule has 18 heavy (non-hydrogen) atoms. The van der Waals surface area contributed by atoms with Gasteiger partial charge in [-0.3, -0.25) is 10.2 Å². The van der Waals surface area contributed by atoms with Crippen LogP contribution in [0.15, 0.2) is 18.2 Å². The number of hydrogen-bond donors (Lipinski definition) is 1. The predicted octanol–water partition coefficient (Wildman–Crippen LogP) is 1.75. The molecule has 5 nitrogen and oxygen atoms in total. The monoisotopic (exact) mass is 266 g/mol. The van der Waals surface area contributed by atoms with Gasteiger partial charge in [0.15, 0.2) is 4.80 Å². The van der Waals surface area contributed by atoms with Gasteiger partial charge in [-0.1, -0.05) is 11.3 Å². The Morgan fingerprint density at radius 2 is 2.28 bits per heavy atom. The number of esters is 1. The van der Waals surface area contributed by atoms with Crippen LogP contribution in [0.3, 0.4) is 0 Å². The number of hydrogen-bond acceptors (Lipinski definition) is 5. The average Bonchev–Trinajstić information content (AvgIpc) is 2.65. The van der Waals surface area contributed by atoms with E-state index in [2.05, 4.69) is 0 Å². The Morgan fingerprint density at radius 1 is 1.50 bits per heavy atom. The van der Waals surface area contributed by atoms with Crippen LogP contribution in [-0.4, -0.2) is 24.3 Å². The Balaban J connectivity index is 2.41. The van der Waals surface area contributed by atoms with Crippen molar-refractivity contribution in [2.24, 2.45) is 0 Å². The maximum atomic E-state index is 11.5. The molecule has 0 amide bonds. The highest BCUT2D eigenvalue weighted by atomic mass is 32.1. The summed E-state index contributed by atoms with van der Waals surface area (Å²) in [6.07, 6.45) is 0. The minimum absolute atomic E-state index is 0.0685. The number of benzene rings is 1. The number of methoxy groups -OCH3 is 1. The van der Waals surface area contributed by atoms with E-state index in [1.54, 1.807) is 18.6 Å². The maximum absolute atomic E-state index is 11.5. The molecule has 0 spiro atoms. The Labute approximate surface area is 108 Å². The van der Waals surface area contributed by atoms with E-state index >= 15 is 0 Å². The molecule has 0 atom stereocenters. The second-order valence-corrected chi connectivity index (χ2v) is 4.66. The first-order chi connectivity index (χ1) is 8.65. The number of rotatable bonds is 4. The van der Waals surface area contributed by atoms with Crippen molar-refractivity contribution in [1.82, 2.24) is 4.57 Å². The van der Waals surface area contributed by atoms with Gasteiger partial charge in [0.05, 0.1) is 23.9 Å². The van der Waals surface area contributed by atoms with Gasteiger partial charge in [-0.15, -0.1) is 0 Å². The lowest BCUT2D eigenvalue weighted by atomic mass is 10.3. The highest BCUT2D eigenvalue weighted by Crippen LogP contribution is 2.22. The van der Waals surface area contributed by atoms with Crippen molar-refractivity contribution in [3.8, 4) is 5.75 Å². The van der Waals surface area contributed by atoms with Crippen molar-refractivity contribution < 1.29 is 14.3 Å². The zero-order valence-electron chi connectivity index (χ0n) is 10.2. The molecule has 0 aliphatic heterocycles. The van der Waals surface area contributed by atoms with Crippen LogP contribution in [0.2, 0.25) is 0 Å². The molecule has 1 N–H and O–H groups in total. The average molecular weight is 266 g/mol. The summed E-state index contributed by atoms with van der Waals surface area (Å²) in [5.74, 6) is 0.415. The van der Waals surface area contributed by atoms with Gasteiger partial charge in [0, 0.05) is 0 Å². The summed E-state index contributed by atoms with van der Waals surface area (Å²) < 4.78 is 12.6. The van der Waals surface area contributed by atoms with Crippen LogP contribution in [0.1, 0.15) is 6.92 Å². The Hall–Kier alpha value is -1.82. The zero-order chi connectivity index (χ0) is 13.1. The minimum atomic E-state index is -0.327. The van der Waals surface area contributed by atoms with Crippen LogP contribution in [0.25, 0.3) is 10.2 Å². The summed E-state index contributed by atoms with van der Waals surface area (Å²) in [6, 6.07) is 5.53. The van der Waals surface area contributed by atoms with Gasteiger partial charge in [-0.25, -0.2) is 0 Å². The lowest BCUT2D eigenvalue weighted by Gasteiger charge is -2.05. The van der Waals surface area contributed by atoms with E-state index in [1.807, 2.05) is 18.2 Å². The summed E-state index contributed by atoms with van der Waals surface area (Å²) in [5, 5.41) is 7.89. The Kier molecular flexibility index (Phi) is 3.66. The van der Waals surface area contributed by atoms with E-state index in [4.69, 9.17) is 14.9 Å². The number of nitrogens with zero attached hydrogens (tertiary/aromatic N) is 1. The fourth-order valence-electron chi connectivity index (χ4n) is 1.69. The molecule has 1 heterocycles. The standard InChI is InChI=1S/C12H14N2O3S/c1-3-17-11(15)7-14-9-5-4-8(16-2)6-10(9)18-12(14)13/h4-6,13H,3,7H2,1-2H3. The molecule has 2 aromatic rings. The van der Waals surface area contributed by atoms with Crippen molar-refractivity contribution in [3.63, 3.8) is 0 Å². The van der Waals surface area contributed by atoms with Crippen LogP contribution >= 0.6 is 11.3 Å². The Morgan fingerprint density at radius 3 is 2.94 bits per heavy atom.